The summed E-state index contributed by atoms with van der Waals surface area (Å²) in [4.78, 5) is 8.18. The fourth-order valence-corrected chi connectivity index (χ4v) is 6.15. The minimum Gasteiger partial charge on any atom is -0.280 e. The molecule has 0 fully saturated rings. The minimum atomic E-state index is -3.89. The Labute approximate surface area is 189 Å². The molecule has 3 rings (SSSR count). The maximum absolute atomic E-state index is 13.2. The monoisotopic (exact) mass is 474 g/mol. The molecule has 0 radical (unpaired) electrons. The number of nitrogens with zero attached hydrogens (tertiary/aromatic N) is 2. The molecule has 8 nitrogen and oxygen atoms in total. The van der Waals surface area contributed by atoms with Gasteiger partial charge in [-0.2, -0.15) is 0 Å². The highest BCUT2D eigenvalue weighted by Crippen LogP contribution is 2.31. The van der Waals surface area contributed by atoms with Gasteiger partial charge in [-0.05, 0) is 99.7 Å². The Morgan fingerprint density at radius 3 is 1.72 bits per heavy atom. The third kappa shape index (κ3) is 4.61. The Bertz CT molecular complexity index is 1370. The molecule has 0 saturated heterocycles. The van der Waals surface area contributed by atoms with E-state index in [1.165, 1.54) is 36.5 Å². The van der Waals surface area contributed by atoms with E-state index < -0.39 is 20.0 Å². The fourth-order valence-electron chi connectivity index (χ4n) is 3.49. The zero-order valence-corrected chi connectivity index (χ0v) is 20.4. The summed E-state index contributed by atoms with van der Waals surface area (Å²) in [5, 5.41) is 0. The molecule has 0 atom stereocenters. The number of aromatic nitrogens is 2. The van der Waals surface area contributed by atoms with Crippen molar-refractivity contribution in [3.8, 4) is 0 Å². The van der Waals surface area contributed by atoms with Crippen LogP contribution in [0.2, 0.25) is 0 Å². The number of aryl methyl sites for hydroxylation is 1. The van der Waals surface area contributed by atoms with Gasteiger partial charge in [0.2, 0.25) is 0 Å². The lowest BCUT2D eigenvalue weighted by molar-refractivity contribution is 0.599. The van der Waals surface area contributed by atoms with Crippen LogP contribution in [0.15, 0.2) is 46.3 Å². The highest BCUT2D eigenvalue weighted by molar-refractivity contribution is 7.93. The largest absolute Gasteiger partial charge is 0.280 e. The zero-order valence-electron chi connectivity index (χ0n) is 18.8. The van der Waals surface area contributed by atoms with Crippen LogP contribution in [-0.2, 0) is 20.0 Å². The highest BCUT2D eigenvalue weighted by Gasteiger charge is 2.24. The van der Waals surface area contributed by atoms with Crippen LogP contribution in [0.5, 0.6) is 0 Å². The van der Waals surface area contributed by atoms with E-state index >= 15 is 0 Å². The normalized spacial score (nSPS) is 11.9. The molecular weight excluding hydrogens is 448 g/mol. The van der Waals surface area contributed by atoms with E-state index in [0.29, 0.717) is 17.0 Å². The van der Waals surface area contributed by atoms with Crippen LogP contribution in [0.4, 0.5) is 11.5 Å². The van der Waals surface area contributed by atoms with Crippen LogP contribution in [-0.4, -0.2) is 26.8 Å². The van der Waals surface area contributed by atoms with Gasteiger partial charge < -0.3 is 0 Å². The molecule has 0 bridgehead atoms. The van der Waals surface area contributed by atoms with Crippen LogP contribution < -0.4 is 9.44 Å². The number of nitrogens with one attached hydrogen (secondary N) is 2. The maximum atomic E-state index is 13.2. The second kappa shape index (κ2) is 8.51. The molecule has 3 aromatic rings. The molecule has 32 heavy (non-hydrogen) atoms. The molecule has 2 N–H and O–H groups in total. The van der Waals surface area contributed by atoms with Crippen molar-refractivity contribution >= 4 is 31.6 Å². The molecule has 2 aromatic carbocycles. The Kier molecular flexibility index (Phi) is 6.30. The predicted molar refractivity (Wildman–Crippen MR) is 125 cm³/mol. The number of benzene rings is 2. The second-order valence-electron chi connectivity index (χ2n) is 7.68. The molecule has 0 aliphatic rings. The summed E-state index contributed by atoms with van der Waals surface area (Å²) in [7, 11) is -7.76. The van der Waals surface area contributed by atoms with E-state index in [9.17, 15) is 16.8 Å². The van der Waals surface area contributed by atoms with Gasteiger partial charge in [-0.1, -0.05) is 0 Å². The van der Waals surface area contributed by atoms with Crippen LogP contribution in [0.3, 0.4) is 0 Å². The molecule has 0 unspecified atom stereocenters. The van der Waals surface area contributed by atoms with Gasteiger partial charge in [0.05, 0.1) is 9.79 Å². The minimum absolute atomic E-state index is 0.0221. The van der Waals surface area contributed by atoms with E-state index in [-0.39, 0.29) is 21.3 Å². The Balaban J connectivity index is 1.89. The first-order valence-corrected chi connectivity index (χ1v) is 12.8. The topological polar surface area (TPSA) is 118 Å². The average Bonchev–Trinajstić information content (AvgIpc) is 2.70. The summed E-state index contributed by atoms with van der Waals surface area (Å²) in [6.07, 6.45) is 1.45. The van der Waals surface area contributed by atoms with Crippen molar-refractivity contribution in [3.63, 3.8) is 0 Å². The summed E-state index contributed by atoms with van der Waals surface area (Å²) in [6.45, 7) is 11.0. The van der Waals surface area contributed by atoms with Crippen LogP contribution >= 0.6 is 0 Å². The summed E-state index contributed by atoms with van der Waals surface area (Å²) < 4.78 is 56.5. The lowest BCUT2D eigenvalue weighted by Gasteiger charge is -2.19. The lowest BCUT2D eigenvalue weighted by Crippen LogP contribution is -2.18. The molecule has 0 saturated carbocycles. The van der Waals surface area contributed by atoms with E-state index in [1.54, 1.807) is 20.8 Å². The molecule has 1 aromatic heterocycles. The second-order valence-corrected chi connectivity index (χ2v) is 11.0. The van der Waals surface area contributed by atoms with Gasteiger partial charge in [0.25, 0.3) is 20.0 Å². The molecule has 170 valence electrons. The Morgan fingerprint density at radius 1 is 0.656 bits per heavy atom. The van der Waals surface area contributed by atoms with Crippen molar-refractivity contribution in [2.45, 2.75) is 51.3 Å². The number of sulfonamides is 2. The highest BCUT2D eigenvalue weighted by atomic mass is 32.2. The third-order valence-corrected chi connectivity index (χ3v) is 8.66. The quantitative estimate of drug-likeness (QED) is 0.559. The van der Waals surface area contributed by atoms with Crippen molar-refractivity contribution in [3.05, 3.63) is 70.2 Å². The van der Waals surface area contributed by atoms with Gasteiger partial charge in [-0.3, -0.25) is 9.44 Å². The fraction of sp³-hybridized carbons (Fsp3) is 0.273. The summed E-state index contributed by atoms with van der Waals surface area (Å²) in [6, 6.07) is 6.94. The van der Waals surface area contributed by atoms with E-state index in [2.05, 4.69) is 19.4 Å². The van der Waals surface area contributed by atoms with E-state index in [4.69, 9.17) is 0 Å². The van der Waals surface area contributed by atoms with Crippen LogP contribution in [0, 0.1) is 41.5 Å². The first-order chi connectivity index (χ1) is 14.8. The van der Waals surface area contributed by atoms with Gasteiger partial charge in [-0.15, -0.1) is 0 Å². The van der Waals surface area contributed by atoms with E-state index in [0.717, 1.165) is 16.7 Å². The average molecular weight is 475 g/mol. The predicted octanol–water partition coefficient (Wildman–Crippen LogP) is 3.93. The smallest absolute Gasteiger partial charge is 0.263 e. The molecular formula is C22H26N4O4S2. The third-order valence-electron chi connectivity index (χ3n) is 5.63. The van der Waals surface area contributed by atoms with Crippen molar-refractivity contribution in [1.29, 1.82) is 0 Å². The van der Waals surface area contributed by atoms with Crippen LogP contribution in [0.25, 0.3) is 0 Å². The molecule has 0 amide bonds. The number of hydrogen-bond donors (Lipinski definition) is 2. The van der Waals surface area contributed by atoms with Crippen molar-refractivity contribution in [2.24, 2.45) is 0 Å². The van der Waals surface area contributed by atoms with E-state index in [1.807, 2.05) is 20.8 Å². The SMILES string of the molecule is Cc1nccc(NS(=O)(=O)c2ccc(NS(=O)(=O)c3c(C)c(C)c(C)c(C)c3C)cc2)n1. The number of hydrogen-bond acceptors (Lipinski definition) is 6. The lowest BCUT2D eigenvalue weighted by atomic mass is 9.95. The Hall–Kier alpha value is -2.98. The van der Waals surface area contributed by atoms with Gasteiger partial charge >= 0.3 is 0 Å². The molecule has 0 spiro atoms. The molecule has 1 heterocycles. The number of anilines is 2. The van der Waals surface area contributed by atoms with Crippen molar-refractivity contribution in [1.82, 2.24) is 9.97 Å². The molecule has 0 aliphatic carbocycles. The standard InChI is InChI=1S/C22H26N4O4S2/c1-13-14(2)16(4)22(17(5)15(13)3)32(29,30)25-19-7-9-20(10-8-19)31(27,28)26-21-11-12-23-18(6)24-21/h7-12,25H,1-6H3,(H,23,24,26). The number of rotatable bonds is 6. The first kappa shape index (κ1) is 23.7. The van der Waals surface area contributed by atoms with Gasteiger partial charge in [-0.25, -0.2) is 26.8 Å². The summed E-state index contributed by atoms with van der Waals surface area (Å²) in [5.41, 5.74) is 4.58. The maximum Gasteiger partial charge on any atom is 0.263 e. The van der Waals surface area contributed by atoms with Gasteiger partial charge in [0.1, 0.15) is 11.6 Å². The first-order valence-electron chi connectivity index (χ1n) is 9.86. The van der Waals surface area contributed by atoms with Crippen LogP contribution in [0.1, 0.15) is 33.6 Å². The Morgan fingerprint density at radius 2 is 1.19 bits per heavy atom. The summed E-state index contributed by atoms with van der Waals surface area (Å²) in [5.74, 6) is 0.584. The zero-order chi connectivity index (χ0) is 23.8. The molecule has 0 aliphatic heterocycles. The summed E-state index contributed by atoms with van der Waals surface area (Å²) >= 11 is 0. The van der Waals surface area contributed by atoms with Crippen molar-refractivity contribution in [2.75, 3.05) is 9.44 Å². The molecule has 10 heteroatoms. The van der Waals surface area contributed by atoms with Gasteiger partial charge in [0.15, 0.2) is 0 Å². The van der Waals surface area contributed by atoms with Gasteiger partial charge in [0, 0.05) is 11.9 Å². The van der Waals surface area contributed by atoms with Crippen molar-refractivity contribution < 1.29 is 16.8 Å².